The lowest BCUT2D eigenvalue weighted by Gasteiger charge is -2.41. The molecule has 0 radical (unpaired) electrons. The summed E-state index contributed by atoms with van der Waals surface area (Å²) < 4.78 is 5.20. The molecule has 2 aromatic heterocycles. The number of hydrogen-bond donors (Lipinski definition) is 0. The average Bonchev–Trinajstić information content (AvgIpc) is 3.47. The van der Waals surface area contributed by atoms with Crippen molar-refractivity contribution in [1.82, 2.24) is 9.13 Å². The van der Waals surface area contributed by atoms with Gasteiger partial charge < -0.3 is 9.13 Å². The van der Waals surface area contributed by atoms with Crippen LogP contribution < -0.4 is 0 Å². The van der Waals surface area contributed by atoms with Crippen LogP contribution in [0.1, 0.15) is 104 Å². The SMILES string of the molecule is CC1(C)CCC(C)(C)c2c1c1ccccc1n2-c1cccc(-n2c3c(c4ccccc42)C(C)(C)CCC3(C)C)c1. The molecule has 0 spiro atoms. The fourth-order valence-corrected chi connectivity index (χ4v) is 8.18. The molecular weight excluding hydrogens is 484 g/mol. The molecule has 0 saturated carbocycles. The molecule has 2 heteroatoms. The van der Waals surface area contributed by atoms with Crippen LogP contribution >= 0.6 is 0 Å². The van der Waals surface area contributed by atoms with E-state index in [2.05, 4.69) is 137 Å². The summed E-state index contributed by atoms with van der Waals surface area (Å²) in [5, 5.41) is 2.82. The third-order valence-corrected chi connectivity index (χ3v) is 10.5. The van der Waals surface area contributed by atoms with Gasteiger partial charge in [-0.2, -0.15) is 0 Å². The summed E-state index contributed by atoms with van der Waals surface area (Å²) in [6, 6.07) is 27.5. The summed E-state index contributed by atoms with van der Waals surface area (Å²) in [4.78, 5) is 0. The van der Waals surface area contributed by atoms with Crippen LogP contribution in [0.25, 0.3) is 33.2 Å². The Kier molecular flexibility index (Phi) is 5.24. The van der Waals surface area contributed by atoms with Gasteiger partial charge in [0.15, 0.2) is 0 Å². The van der Waals surface area contributed by atoms with Crippen LogP contribution in [0, 0.1) is 0 Å². The Morgan fingerprint density at radius 3 is 1.25 bits per heavy atom. The largest absolute Gasteiger partial charge is 0.313 e. The summed E-state index contributed by atoms with van der Waals surface area (Å²) in [5.41, 5.74) is 11.7. The van der Waals surface area contributed by atoms with E-state index < -0.39 is 0 Å². The molecule has 2 nitrogen and oxygen atoms in total. The average molecular weight is 529 g/mol. The normalized spacial score (nSPS) is 20.4. The summed E-state index contributed by atoms with van der Waals surface area (Å²) in [7, 11) is 0. The number of aromatic nitrogens is 2. The van der Waals surface area contributed by atoms with E-state index in [1.54, 1.807) is 0 Å². The number of hydrogen-bond acceptors (Lipinski definition) is 0. The van der Waals surface area contributed by atoms with Gasteiger partial charge in [-0.3, -0.25) is 0 Å². The molecule has 0 aliphatic heterocycles. The van der Waals surface area contributed by atoms with Crippen molar-refractivity contribution < 1.29 is 0 Å². The van der Waals surface area contributed by atoms with E-state index in [1.807, 2.05) is 0 Å². The molecule has 0 fully saturated rings. The molecule has 0 unspecified atom stereocenters. The van der Waals surface area contributed by atoms with Gasteiger partial charge in [-0.15, -0.1) is 0 Å². The Morgan fingerprint density at radius 1 is 0.450 bits per heavy atom. The van der Waals surface area contributed by atoms with Crippen molar-refractivity contribution in [3.8, 4) is 11.4 Å². The first-order valence-electron chi connectivity index (χ1n) is 15.2. The van der Waals surface area contributed by atoms with Crippen LogP contribution in [0.4, 0.5) is 0 Å². The Hall–Kier alpha value is -3.26. The van der Waals surface area contributed by atoms with E-state index in [9.17, 15) is 0 Å². The molecule has 0 atom stereocenters. The molecule has 0 N–H and O–H groups in total. The standard InChI is InChI=1S/C38H44N2/c1-35(2)20-22-37(5,6)33-31(35)27-16-9-11-18-29(27)39(33)25-14-13-15-26(24-25)40-30-19-12-10-17-28(30)32-34(40)38(7,8)23-21-36(32,3)4/h9-19,24H,20-23H2,1-8H3. The second-order valence-electron chi connectivity index (χ2n) is 15.2. The molecule has 2 aliphatic carbocycles. The fraction of sp³-hybridized carbons (Fsp3) is 0.421. The number of fused-ring (bicyclic) bond motifs is 6. The van der Waals surface area contributed by atoms with Gasteiger partial charge in [-0.1, -0.05) is 97.9 Å². The van der Waals surface area contributed by atoms with E-state index in [1.165, 1.54) is 81.4 Å². The predicted octanol–water partition coefficient (Wildman–Crippen LogP) is 10.3. The lowest BCUT2D eigenvalue weighted by atomic mass is 9.65. The highest BCUT2D eigenvalue weighted by molar-refractivity contribution is 5.91. The third-order valence-electron chi connectivity index (χ3n) is 10.5. The number of nitrogens with zero attached hydrogens (tertiary/aromatic N) is 2. The van der Waals surface area contributed by atoms with E-state index in [-0.39, 0.29) is 21.7 Å². The van der Waals surface area contributed by atoms with Gasteiger partial charge in [0.2, 0.25) is 0 Å². The molecule has 2 heterocycles. The maximum Gasteiger partial charge on any atom is 0.0534 e. The minimum atomic E-state index is 0.102. The predicted molar refractivity (Wildman–Crippen MR) is 171 cm³/mol. The molecule has 7 rings (SSSR count). The van der Waals surface area contributed by atoms with Crippen LogP contribution in [0.3, 0.4) is 0 Å². The molecule has 206 valence electrons. The lowest BCUT2D eigenvalue weighted by Crippen LogP contribution is -2.35. The molecule has 0 saturated heterocycles. The van der Waals surface area contributed by atoms with Gasteiger partial charge >= 0.3 is 0 Å². The highest BCUT2D eigenvalue weighted by Crippen LogP contribution is 2.52. The molecule has 0 bridgehead atoms. The first kappa shape index (κ1) is 25.7. The fourth-order valence-electron chi connectivity index (χ4n) is 8.18. The zero-order valence-corrected chi connectivity index (χ0v) is 25.7. The monoisotopic (exact) mass is 528 g/mol. The van der Waals surface area contributed by atoms with E-state index >= 15 is 0 Å². The quantitative estimate of drug-likeness (QED) is 0.216. The first-order valence-corrected chi connectivity index (χ1v) is 15.2. The van der Waals surface area contributed by atoms with Crippen molar-refractivity contribution in [1.29, 1.82) is 0 Å². The van der Waals surface area contributed by atoms with Gasteiger partial charge in [0.25, 0.3) is 0 Å². The highest BCUT2D eigenvalue weighted by Gasteiger charge is 2.43. The maximum atomic E-state index is 2.60. The zero-order chi connectivity index (χ0) is 28.2. The molecule has 2 aliphatic rings. The summed E-state index contributed by atoms with van der Waals surface area (Å²) >= 11 is 0. The Labute approximate surface area is 240 Å². The number of benzene rings is 3. The van der Waals surface area contributed by atoms with Crippen molar-refractivity contribution in [2.45, 2.75) is 103 Å². The molecular formula is C38H44N2. The molecule has 0 amide bonds. The summed E-state index contributed by atoms with van der Waals surface area (Å²) in [6.45, 7) is 19.5. The Morgan fingerprint density at radius 2 is 0.825 bits per heavy atom. The lowest BCUT2D eigenvalue weighted by molar-refractivity contribution is 0.324. The van der Waals surface area contributed by atoms with Gasteiger partial charge in [0.05, 0.1) is 11.0 Å². The third kappa shape index (κ3) is 3.47. The Bertz CT molecular complexity index is 1670. The van der Waals surface area contributed by atoms with Crippen molar-refractivity contribution in [2.75, 3.05) is 0 Å². The van der Waals surface area contributed by atoms with Gasteiger partial charge in [-0.05, 0) is 78.0 Å². The van der Waals surface area contributed by atoms with E-state index in [4.69, 9.17) is 0 Å². The van der Waals surface area contributed by atoms with Crippen molar-refractivity contribution in [2.24, 2.45) is 0 Å². The van der Waals surface area contributed by atoms with Gasteiger partial charge in [0.1, 0.15) is 0 Å². The Balaban J connectivity index is 1.55. The minimum Gasteiger partial charge on any atom is -0.313 e. The molecule has 3 aromatic carbocycles. The van der Waals surface area contributed by atoms with Crippen molar-refractivity contribution >= 4 is 21.8 Å². The molecule has 40 heavy (non-hydrogen) atoms. The van der Waals surface area contributed by atoms with E-state index in [0.717, 1.165) is 0 Å². The second-order valence-corrected chi connectivity index (χ2v) is 15.2. The first-order chi connectivity index (χ1) is 18.8. The van der Waals surface area contributed by atoms with Crippen LogP contribution in [0.2, 0.25) is 0 Å². The van der Waals surface area contributed by atoms with Gasteiger partial charge in [-0.25, -0.2) is 0 Å². The van der Waals surface area contributed by atoms with Crippen molar-refractivity contribution in [3.05, 3.63) is 95.3 Å². The molecule has 5 aromatic rings. The van der Waals surface area contributed by atoms with Crippen molar-refractivity contribution in [3.63, 3.8) is 0 Å². The maximum absolute atomic E-state index is 2.60. The summed E-state index contributed by atoms with van der Waals surface area (Å²) in [5.74, 6) is 0. The number of para-hydroxylation sites is 2. The van der Waals surface area contributed by atoms with Crippen LogP contribution in [-0.2, 0) is 21.7 Å². The van der Waals surface area contributed by atoms with Crippen LogP contribution in [-0.4, -0.2) is 9.13 Å². The van der Waals surface area contributed by atoms with Gasteiger partial charge in [0, 0.05) is 44.4 Å². The zero-order valence-electron chi connectivity index (χ0n) is 25.7. The van der Waals surface area contributed by atoms with E-state index in [0.29, 0.717) is 0 Å². The summed E-state index contributed by atoms with van der Waals surface area (Å²) in [6.07, 6.45) is 4.82. The highest BCUT2D eigenvalue weighted by atomic mass is 15.0. The minimum absolute atomic E-state index is 0.102. The number of rotatable bonds is 2. The smallest absolute Gasteiger partial charge is 0.0534 e. The second kappa shape index (κ2) is 8.15. The topological polar surface area (TPSA) is 9.86 Å². The van der Waals surface area contributed by atoms with Crippen LogP contribution in [0.15, 0.2) is 72.8 Å². The van der Waals surface area contributed by atoms with Crippen LogP contribution in [0.5, 0.6) is 0 Å².